The number of nitrogens with zero attached hydrogens (tertiary/aromatic N) is 2. The van der Waals surface area contributed by atoms with Crippen molar-refractivity contribution in [1.82, 2.24) is 15.1 Å². The van der Waals surface area contributed by atoms with Crippen LogP contribution in [0.2, 0.25) is 0 Å². The number of amides is 1. The maximum atomic E-state index is 11.8. The van der Waals surface area contributed by atoms with Crippen LogP contribution in [0, 0.1) is 0 Å². The van der Waals surface area contributed by atoms with E-state index < -0.39 is 0 Å². The van der Waals surface area contributed by atoms with E-state index in [0.29, 0.717) is 10.5 Å². The summed E-state index contributed by atoms with van der Waals surface area (Å²) in [5.74, 6) is -0.0358. The van der Waals surface area contributed by atoms with Crippen molar-refractivity contribution < 1.29 is 4.79 Å². The smallest absolute Gasteiger partial charge is 0.269 e. The van der Waals surface area contributed by atoms with Crippen LogP contribution in [0.5, 0.6) is 0 Å². The summed E-state index contributed by atoms with van der Waals surface area (Å²) < 4.78 is 1.59. The fourth-order valence-corrected chi connectivity index (χ4v) is 2.64. The van der Waals surface area contributed by atoms with Gasteiger partial charge in [-0.1, -0.05) is 22.4 Å². The minimum absolute atomic E-state index is 0.0358. The molecule has 4 nitrogen and oxygen atoms in total. The Labute approximate surface area is 97.2 Å². The van der Waals surface area contributed by atoms with Gasteiger partial charge in [-0.15, -0.1) is 0 Å². The molecule has 82 valence electrons. The standard InChI is InChI=1S/C10H14BrN3O/c1-14-9(5-6-12-14)10(15)13-8-4-2-3-7(8)11/h5-8H,2-4H2,1H3,(H,13,15). The molecule has 0 aromatic carbocycles. The van der Waals surface area contributed by atoms with Crippen LogP contribution in [0.15, 0.2) is 12.3 Å². The second-order valence-corrected chi connectivity index (χ2v) is 5.04. The van der Waals surface area contributed by atoms with Crippen molar-refractivity contribution in [2.24, 2.45) is 7.05 Å². The lowest BCUT2D eigenvalue weighted by Gasteiger charge is -2.15. The van der Waals surface area contributed by atoms with Crippen LogP contribution in [0.25, 0.3) is 0 Å². The third kappa shape index (κ3) is 2.22. The Bertz CT molecular complexity index is 363. The van der Waals surface area contributed by atoms with Crippen molar-refractivity contribution in [1.29, 1.82) is 0 Å². The van der Waals surface area contributed by atoms with Crippen LogP contribution >= 0.6 is 15.9 Å². The molecule has 0 spiro atoms. The van der Waals surface area contributed by atoms with Crippen LogP contribution in [-0.2, 0) is 7.05 Å². The number of aromatic nitrogens is 2. The van der Waals surface area contributed by atoms with Gasteiger partial charge in [-0.25, -0.2) is 0 Å². The van der Waals surface area contributed by atoms with E-state index in [4.69, 9.17) is 0 Å². The molecule has 1 N–H and O–H groups in total. The van der Waals surface area contributed by atoms with Crippen molar-refractivity contribution in [3.05, 3.63) is 18.0 Å². The number of nitrogens with one attached hydrogen (secondary N) is 1. The lowest BCUT2D eigenvalue weighted by molar-refractivity contribution is 0.0929. The average molecular weight is 272 g/mol. The number of rotatable bonds is 2. The highest BCUT2D eigenvalue weighted by Gasteiger charge is 2.27. The second-order valence-electron chi connectivity index (χ2n) is 3.87. The Kier molecular flexibility index (Phi) is 3.09. The Morgan fingerprint density at radius 3 is 3.00 bits per heavy atom. The zero-order valence-electron chi connectivity index (χ0n) is 8.61. The molecule has 1 amide bonds. The van der Waals surface area contributed by atoms with Crippen molar-refractivity contribution in [3.8, 4) is 0 Å². The summed E-state index contributed by atoms with van der Waals surface area (Å²) in [6.07, 6.45) is 5.00. The fourth-order valence-electron chi connectivity index (χ4n) is 1.92. The summed E-state index contributed by atoms with van der Waals surface area (Å²) in [5, 5.41) is 7.00. The van der Waals surface area contributed by atoms with E-state index in [-0.39, 0.29) is 11.9 Å². The normalized spacial score (nSPS) is 25.5. The lowest BCUT2D eigenvalue weighted by Crippen LogP contribution is -2.38. The number of hydrogen-bond donors (Lipinski definition) is 1. The molecule has 1 fully saturated rings. The first-order chi connectivity index (χ1) is 7.18. The number of halogens is 1. The Hall–Kier alpha value is -0.840. The van der Waals surface area contributed by atoms with Crippen LogP contribution < -0.4 is 5.32 Å². The summed E-state index contributed by atoms with van der Waals surface area (Å²) in [6.45, 7) is 0. The average Bonchev–Trinajstić information content (AvgIpc) is 2.76. The van der Waals surface area contributed by atoms with Gasteiger partial charge in [-0.2, -0.15) is 5.10 Å². The van der Waals surface area contributed by atoms with E-state index in [1.54, 1.807) is 24.0 Å². The van der Waals surface area contributed by atoms with Crippen LogP contribution in [-0.4, -0.2) is 26.6 Å². The molecule has 0 bridgehead atoms. The van der Waals surface area contributed by atoms with Crippen molar-refractivity contribution in [2.75, 3.05) is 0 Å². The van der Waals surface area contributed by atoms with Crippen molar-refractivity contribution in [3.63, 3.8) is 0 Å². The lowest BCUT2D eigenvalue weighted by atomic mass is 10.2. The van der Waals surface area contributed by atoms with Gasteiger partial charge in [0.2, 0.25) is 0 Å². The first-order valence-electron chi connectivity index (χ1n) is 5.11. The number of carbonyl (C=O) groups is 1. The van der Waals surface area contributed by atoms with E-state index in [1.807, 2.05) is 0 Å². The van der Waals surface area contributed by atoms with Crippen molar-refractivity contribution >= 4 is 21.8 Å². The van der Waals surface area contributed by atoms with Gasteiger partial charge in [0.05, 0.1) is 0 Å². The first-order valence-corrected chi connectivity index (χ1v) is 6.03. The van der Waals surface area contributed by atoms with Gasteiger partial charge in [0, 0.05) is 24.1 Å². The Balaban J connectivity index is 2.01. The summed E-state index contributed by atoms with van der Waals surface area (Å²) in [4.78, 5) is 12.2. The highest BCUT2D eigenvalue weighted by atomic mass is 79.9. The molecular weight excluding hydrogens is 258 g/mol. The van der Waals surface area contributed by atoms with Gasteiger partial charge in [0.15, 0.2) is 0 Å². The Morgan fingerprint density at radius 2 is 2.47 bits per heavy atom. The minimum atomic E-state index is -0.0358. The molecule has 1 saturated carbocycles. The molecule has 2 atom stereocenters. The third-order valence-corrected chi connectivity index (χ3v) is 3.90. The first kappa shape index (κ1) is 10.7. The predicted octanol–water partition coefficient (Wildman–Crippen LogP) is 1.47. The highest BCUT2D eigenvalue weighted by molar-refractivity contribution is 9.09. The number of hydrogen-bond acceptors (Lipinski definition) is 2. The van der Waals surface area contributed by atoms with Crippen molar-refractivity contribution in [2.45, 2.75) is 30.1 Å². The summed E-state index contributed by atoms with van der Waals surface area (Å²) in [5.41, 5.74) is 0.613. The summed E-state index contributed by atoms with van der Waals surface area (Å²) >= 11 is 3.58. The molecule has 1 aromatic rings. The molecular formula is C10H14BrN3O. The van der Waals surface area contributed by atoms with E-state index in [1.165, 1.54) is 6.42 Å². The topological polar surface area (TPSA) is 46.9 Å². The molecule has 0 saturated heterocycles. The minimum Gasteiger partial charge on any atom is -0.347 e. The maximum Gasteiger partial charge on any atom is 0.269 e. The third-order valence-electron chi connectivity index (χ3n) is 2.80. The zero-order chi connectivity index (χ0) is 10.8. The van der Waals surface area contributed by atoms with Gasteiger partial charge >= 0.3 is 0 Å². The van der Waals surface area contributed by atoms with E-state index in [0.717, 1.165) is 12.8 Å². The zero-order valence-corrected chi connectivity index (χ0v) is 10.2. The molecule has 0 radical (unpaired) electrons. The highest BCUT2D eigenvalue weighted by Crippen LogP contribution is 2.25. The molecule has 5 heteroatoms. The van der Waals surface area contributed by atoms with Gasteiger partial charge in [-0.05, 0) is 18.9 Å². The quantitative estimate of drug-likeness (QED) is 0.829. The Morgan fingerprint density at radius 1 is 1.67 bits per heavy atom. The fraction of sp³-hybridized carbons (Fsp3) is 0.600. The predicted molar refractivity (Wildman–Crippen MR) is 61.0 cm³/mol. The van der Waals surface area contributed by atoms with Gasteiger partial charge in [-0.3, -0.25) is 9.48 Å². The monoisotopic (exact) mass is 271 g/mol. The number of alkyl halides is 1. The molecule has 1 aliphatic rings. The van der Waals surface area contributed by atoms with Crippen LogP contribution in [0.3, 0.4) is 0 Å². The van der Waals surface area contributed by atoms with E-state index >= 15 is 0 Å². The molecule has 1 aromatic heterocycles. The van der Waals surface area contributed by atoms with E-state index in [9.17, 15) is 4.79 Å². The maximum absolute atomic E-state index is 11.8. The molecule has 1 aliphatic carbocycles. The number of aryl methyl sites for hydroxylation is 1. The van der Waals surface area contributed by atoms with E-state index in [2.05, 4.69) is 26.3 Å². The van der Waals surface area contributed by atoms with Crippen LogP contribution in [0.4, 0.5) is 0 Å². The summed E-state index contributed by atoms with van der Waals surface area (Å²) in [7, 11) is 1.77. The second kappa shape index (κ2) is 4.35. The molecule has 2 unspecified atom stereocenters. The molecule has 1 heterocycles. The SMILES string of the molecule is Cn1nccc1C(=O)NC1CCCC1Br. The molecule has 0 aliphatic heterocycles. The molecule has 15 heavy (non-hydrogen) atoms. The number of carbonyl (C=O) groups excluding carboxylic acids is 1. The van der Waals surface area contributed by atoms with Gasteiger partial charge in [0.25, 0.3) is 5.91 Å². The molecule has 2 rings (SSSR count). The summed E-state index contributed by atoms with van der Waals surface area (Å²) in [6, 6.07) is 1.99. The van der Waals surface area contributed by atoms with Crippen LogP contribution in [0.1, 0.15) is 29.8 Å². The van der Waals surface area contributed by atoms with Gasteiger partial charge in [0.1, 0.15) is 5.69 Å². The largest absolute Gasteiger partial charge is 0.347 e. The van der Waals surface area contributed by atoms with Gasteiger partial charge < -0.3 is 5.32 Å².